The van der Waals surface area contributed by atoms with Crippen molar-refractivity contribution in [3.05, 3.63) is 54.4 Å². The second-order valence-electron chi connectivity index (χ2n) is 5.07. The van der Waals surface area contributed by atoms with Crippen molar-refractivity contribution in [2.45, 2.75) is 20.3 Å². The molecule has 0 aliphatic heterocycles. The highest BCUT2D eigenvalue weighted by molar-refractivity contribution is 6.04. The van der Waals surface area contributed by atoms with Crippen LogP contribution in [-0.4, -0.2) is 16.8 Å². The van der Waals surface area contributed by atoms with E-state index in [2.05, 4.69) is 15.6 Å². The number of anilines is 2. The monoisotopic (exact) mass is 297 g/mol. The first-order valence-corrected chi connectivity index (χ1v) is 7.22. The van der Waals surface area contributed by atoms with Crippen molar-refractivity contribution in [2.75, 3.05) is 10.6 Å². The molecule has 0 aliphatic carbocycles. The molecule has 0 saturated carbocycles. The number of aromatic nitrogens is 1. The van der Waals surface area contributed by atoms with Gasteiger partial charge in [0.1, 0.15) is 0 Å². The van der Waals surface area contributed by atoms with E-state index in [1.807, 2.05) is 13.8 Å². The Bertz CT molecular complexity index is 639. The fourth-order valence-electron chi connectivity index (χ4n) is 1.80. The van der Waals surface area contributed by atoms with Crippen LogP contribution in [0.3, 0.4) is 0 Å². The van der Waals surface area contributed by atoms with Crippen LogP contribution in [0.5, 0.6) is 0 Å². The van der Waals surface area contributed by atoms with Gasteiger partial charge in [0.2, 0.25) is 5.91 Å². The first-order valence-electron chi connectivity index (χ1n) is 7.22. The molecule has 0 saturated heterocycles. The van der Waals surface area contributed by atoms with Crippen LogP contribution in [0.2, 0.25) is 0 Å². The molecule has 22 heavy (non-hydrogen) atoms. The zero-order chi connectivity index (χ0) is 15.9. The van der Waals surface area contributed by atoms with Gasteiger partial charge in [-0.25, -0.2) is 0 Å². The number of hydrogen-bond donors (Lipinski definition) is 2. The Kier molecular flexibility index (Phi) is 5.25. The van der Waals surface area contributed by atoms with E-state index in [1.165, 1.54) is 0 Å². The molecule has 1 aromatic heterocycles. The Labute approximate surface area is 129 Å². The van der Waals surface area contributed by atoms with Gasteiger partial charge in [0.25, 0.3) is 5.91 Å². The van der Waals surface area contributed by atoms with Crippen molar-refractivity contribution in [1.82, 2.24) is 4.98 Å². The predicted molar refractivity (Wildman–Crippen MR) is 86.7 cm³/mol. The summed E-state index contributed by atoms with van der Waals surface area (Å²) in [6.07, 6.45) is 4.01. The lowest BCUT2D eigenvalue weighted by Crippen LogP contribution is -2.19. The highest BCUT2D eigenvalue weighted by Crippen LogP contribution is 2.13. The summed E-state index contributed by atoms with van der Waals surface area (Å²) in [5.74, 6) is -0.267. The minimum atomic E-state index is -0.215. The molecular formula is C17H19N3O2. The van der Waals surface area contributed by atoms with Gasteiger partial charge >= 0.3 is 0 Å². The molecule has 1 atom stereocenters. The zero-order valence-corrected chi connectivity index (χ0v) is 12.7. The van der Waals surface area contributed by atoms with Crippen molar-refractivity contribution >= 4 is 23.2 Å². The summed E-state index contributed by atoms with van der Waals surface area (Å²) in [5, 5.41) is 5.58. The van der Waals surface area contributed by atoms with Crippen LogP contribution in [0, 0.1) is 5.92 Å². The summed E-state index contributed by atoms with van der Waals surface area (Å²) >= 11 is 0. The van der Waals surface area contributed by atoms with Crippen molar-refractivity contribution in [1.29, 1.82) is 0 Å². The molecule has 114 valence electrons. The van der Waals surface area contributed by atoms with Gasteiger partial charge in [-0.2, -0.15) is 0 Å². The molecule has 2 aromatic rings. The fourth-order valence-corrected chi connectivity index (χ4v) is 1.80. The van der Waals surface area contributed by atoms with Crippen molar-refractivity contribution in [2.24, 2.45) is 5.92 Å². The summed E-state index contributed by atoms with van der Waals surface area (Å²) in [6, 6.07) is 10.3. The van der Waals surface area contributed by atoms with E-state index < -0.39 is 0 Å². The van der Waals surface area contributed by atoms with Gasteiger partial charge < -0.3 is 10.6 Å². The van der Waals surface area contributed by atoms with Gasteiger partial charge in [-0.1, -0.05) is 13.8 Å². The summed E-state index contributed by atoms with van der Waals surface area (Å²) in [5.41, 5.74) is 1.84. The molecule has 0 bridgehead atoms. The van der Waals surface area contributed by atoms with Gasteiger partial charge in [0.15, 0.2) is 0 Å². The average Bonchev–Trinajstić information content (AvgIpc) is 2.55. The highest BCUT2D eigenvalue weighted by Gasteiger charge is 2.11. The SMILES string of the molecule is CCC(C)C(=O)Nc1ccc(C(=O)Nc2cccnc2)cc1. The van der Waals surface area contributed by atoms with E-state index in [0.717, 1.165) is 6.42 Å². The van der Waals surface area contributed by atoms with Crippen LogP contribution in [-0.2, 0) is 4.79 Å². The van der Waals surface area contributed by atoms with Crippen LogP contribution >= 0.6 is 0 Å². The van der Waals surface area contributed by atoms with Crippen molar-refractivity contribution < 1.29 is 9.59 Å². The Morgan fingerprint density at radius 3 is 2.41 bits per heavy atom. The number of nitrogens with zero attached hydrogens (tertiary/aromatic N) is 1. The van der Waals surface area contributed by atoms with Crippen LogP contribution in [0.25, 0.3) is 0 Å². The maximum atomic E-state index is 12.1. The number of pyridine rings is 1. The van der Waals surface area contributed by atoms with Gasteiger partial charge in [-0.05, 0) is 42.8 Å². The Hall–Kier alpha value is -2.69. The maximum Gasteiger partial charge on any atom is 0.255 e. The number of carbonyl (C=O) groups excluding carboxylic acids is 2. The average molecular weight is 297 g/mol. The molecule has 0 radical (unpaired) electrons. The predicted octanol–water partition coefficient (Wildman–Crippen LogP) is 3.32. The molecule has 0 fully saturated rings. The standard InChI is InChI=1S/C17H19N3O2/c1-3-12(2)16(21)19-14-8-6-13(7-9-14)17(22)20-15-5-4-10-18-11-15/h4-12H,3H2,1-2H3,(H,19,21)(H,20,22). The third-order valence-electron chi connectivity index (χ3n) is 3.39. The lowest BCUT2D eigenvalue weighted by atomic mass is 10.1. The molecule has 5 heteroatoms. The second kappa shape index (κ2) is 7.36. The molecule has 2 rings (SSSR count). The van der Waals surface area contributed by atoms with Crippen molar-refractivity contribution in [3.8, 4) is 0 Å². The zero-order valence-electron chi connectivity index (χ0n) is 12.7. The molecule has 2 amide bonds. The number of rotatable bonds is 5. The molecular weight excluding hydrogens is 278 g/mol. The lowest BCUT2D eigenvalue weighted by molar-refractivity contribution is -0.119. The Morgan fingerprint density at radius 1 is 1.09 bits per heavy atom. The van der Waals surface area contributed by atoms with Crippen LogP contribution in [0.4, 0.5) is 11.4 Å². The maximum absolute atomic E-state index is 12.1. The normalized spacial score (nSPS) is 11.5. The fraction of sp³-hybridized carbons (Fsp3) is 0.235. The van der Waals surface area contributed by atoms with E-state index in [-0.39, 0.29) is 17.7 Å². The van der Waals surface area contributed by atoms with E-state index in [9.17, 15) is 9.59 Å². The smallest absolute Gasteiger partial charge is 0.255 e. The number of nitrogens with one attached hydrogen (secondary N) is 2. The van der Waals surface area contributed by atoms with Crippen LogP contribution in [0.15, 0.2) is 48.8 Å². The van der Waals surface area contributed by atoms with E-state index >= 15 is 0 Å². The van der Waals surface area contributed by atoms with Gasteiger partial charge in [-0.3, -0.25) is 14.6 Å². The van der Waals surface area contributed by atoms with Gasteiger partial charge in [-0.15, -0.1) is 0 Å². The highest BCUT2D eigenvalue weighted by atomic mass is 16.2. The van der Waals surface area contributed by atoms with Crippen LogP contribution in [0.1, 0.15) is 30.6 Å². The first kappa shape index (κ1) is 15.7. The quantitative estimate of drug-likeness (QED) is 0.889. The topological polar surface area (TPSA) is 71.1 Å². The van der Waals surface area contributed by atoms with E-state index in [1.54, 1.807) is 48.8 Å². The molecule has 2 N–H and O–H groups in total. The molecule has 1 heterocycles. The van der Waals surface area contributed by atoms with Gasteiger partial charge in [0, 0.05) is 23.4 Å². The van der Waals surface area contributed by atoms with Crippen LogP contribution < -0.4 is 10.6 Å². The van der Waals surface area contributed by atoms with Gasteiger partial charge in [0.05, 0.1) is 11.9 Å². The Morgan fingerprint density at radius 2 is 1.82 bits per heavy atom. The lowest BCUT2D eigenvalue weighted by Gasteiger charge is -2.10. The third-order valence-corrected chi connectivity index (χ3v) is 3.39. The minimum Gasteiger partial charge on any atom is -0.326 e. The number of hydrogen-bond acceptors (Lipinski definition) is 3. The summed E-state index contributed by atoms with van der Waals surface area (Å²) < 4.78 is 0. The number of amides is 2. The third kappa shape index (κ3) is 4.15. The minimum absolute atomic E-state index is 0.0185. The molecule has 1 aromatic carbocycles. The molecule has 1 unspecified atom stereocenters. The molecule has 0 spiro atoms. The number of benzene rings is 1. The van der Waals surface area contributed by atoms with E-state index in [0.29, 0.717) is 16.9 Å². The summed E-state index contributed by atoms with van der Waals surface area (Å²) in [7, 11) is 0. The number of carbonyl (C=O) groups is 2. The summed E-state index contributed by atoms with van der Waals surface area (Å²) in [6.45, 7) is 3.85. The summed E-state index contributed by atoms with van der Waals surface area (Å²) in [4.78, 5) is 27.8. The molecule has 5 nitrogen and oxygen atoms in total. The first-order chi connectivity index (χ1) is 10.6. The largest absolute Gasteiger partial charge is 0.326 e. The Balaban J connectivity index is 1.99. The molecule has 0 aliphatic rings. The second-order valence-corrected chi connectivity index (χ2v) is 5.07. The van der Waals surface area contributed by atoms with Crippen molar-refractivity contribution in [3.63, 3.8) is 0 Å². The van der Waals surface area contributed by atoms with E-state index in [4.69, 9.17) is 0 Å².